The molecule has 0 bridgehead atoms. The van der Waals surface area contributed by atoms with Crippen molar-refractivity contribution in [3.8, 4) is 0 Å². The normalized spacial score (nSPS) is 17.7. The summed E-state index contributed by atoms with van der Waals surface area (Å²) in [6.07, 6.45) is 4.20. The number of likely N-dealkylation sites (tertiary alicyclic amines) is 1. The van der Waals surface area contributed by atoms with Gasteiger partial charge in [-0.3, -0.25) is 24.1 Å². The first kappa shape index (κ1) is 48.3. The summed E-state index contributed by atoms with van der Waals surface area (Å²) in [5.74, 6) is -1.33. The fourth-order valence-corrected chi connectivity index (χ4v) is 9.31. The average molecular weight is 848 g/mol. The number of nitrogens with zero attached hydrogens (tertiary/aromatic N) is 4. The van der Waals surface area contributed by atoms with Gasteiger partial charge in [-0.2, -0.15) is 0 Å². The van der Waals surface area contributed by atoms with Crippen molar-refractivity contribution in [3.63, 3.8) is 0 Å². The van der Waals surface area contributed by atoms with Crippen molar-refractivity contribution in [1.29, 1.82) is 0 Å². The second-order valence-corrected chi connectivity index (χ2v) is 17.6. The Morgan fingerprint density at radius 2 is 1.67 bits per heavy atom. The second kappa shape index (κ2) is 23.6. The third-order valence-electron chi connectivity index (χ3n) is 12.2. The monoisotopic (exact) mass is 848 g/mol. The average Bonchev–Trinajstić information content (AvgIpc) is 3.96. The number of carbonyl (C=O) groups excluding carboxylic acids is 4. The summed E-state index contributed by atoms with van der Waals surface area (Å²) in [5, 5.41) is 8.87. The van der Waals surface area contributed by atoms with Crippen molar-refractivity contribution in [1.82, 2.24) is 30.3 Å². The molecule has 4 N–H and O–H groups in total. The maximum Gasteiger partial charge on any atom is 0.242 e. The summed E-state index contributed by atoms with van der Waals surface area (Å²) in [5.41, 5.74) is 8.77. The topological polar surface area (TPSA) is 159 Å². The molecule has 330 valence electrons. The molecule has 2 unspecified atom stereocenters. The molecule has 0 aliphatic carbocycles. The van der Waals surface area contributed by atoms with E-state index in [0.29, 0.717) is 31.6 Å². The van der Waals surface area contributed by atoms with Crippen molar-refractivity contribution >= 4 is 40.7 Å². The highest BCUT2D eigenvalue weighted by Gasteiger charge is 2.42. The number of methoxy groups -OCH3 is 2. The van der Waals surface area contributed by atoms with Crippen LogP contribution in [-0.2, 0) is 41.5 Å². The number of thiazole rings is 1. The van der Waals surface area contributed by atoms with Gasteiger partial charge in [0.05, 0.1) is 55.3 Å². The third kappa shape index (κ3) is 13.1. The number of ether oxygens (including phenoxy) is 2. The van der Waals surface area contributed by atoms with Gasteiger partial charge < -0.3 is 35.6 Å². The first-order valence-electron chi connectivity index (χ1n) is 21.4. The van der Waals surface area contributed by atoms with E-state index in [9.17, 15) is 19.2 Å². The molecule has 2 heterocycles. The molecule has 1 aliphatic rings. The van der Waals surface area contributed by atoms with Gasteiger partial charge in [-0.1, -0.05) is 83.5 Å². The van der Waals surface area contributed by atoms with Crippen molar-refractivity contribution in [3.05, 3.63) is 82.3 Å². The highest BCUT2D eigenvalue weighted by Crippen LogP contribution is 2.30. The minimum atomic E-state index is -0.611. The summed E-state index contributed by atoms with van der Waals surface area (Å²) in [4.78, 5) is 65.6. The lowest BCUT2D eigenvalue weighted by Gasteiger charge is -2.39. The quantitative estimate of drug-likeness (QED) is 0.107. The van der Waals surface area contributed by atoms with E-state index in [1.165, 1.54) is 11.3 Å². The van der Waals surface area contributed by atoms with Gasteiger partial charge in [0, 0.05) is 51.6 Å². The van der Waals surface area contributed by atoms with Crippen LogP contribution in [0.4, 0.5) is 5.69 Å². The molecule has 60 heavy (non-hydrogen) atoms. The third-order valence-corrected chi connectivity index (χ3v) is 13.1. The van der Waals surface area contributed by atoms with Crippen LogP contribution in [0.2, 0.25) is 0 Å². The Kier molecular flexibility index (Phi) is 19.0. The number of rotatable bonds is 23. The Balaban J connectivity index is 1.40. The number of anilines is 1. The number of nitrogen functional groups attached to an aromatic ring is 1. The van der Waals surface area contributed by atoms with E-state index in [2.05, 4.69) is 15.6 Å². The number of hydrogen-bond acceptors (Lipinski definition) is 10. The van der Waals surface area contributed by atoms with Crippen LogP contribution < -0.4 is 16.4 Å². The molecule has 0 spiro atoms. The summed E-state index contributed by atoms with van der Waals surface area (Å²) in [6, 6.07) is 16.2. The molecule has 8 atom stereocenters. The van der Waals surface area contributed by atoms with Crippen LogP contribution in [0.3, 0.4) is 0 Å². The number of benzene rings is 2. The minimum absolute atomic E-state index is 0.00979. The van der Waals surface area contributed by atoms with Crippen LogP contribution in [-0.4, -0.2) is 122 Å². The molecule has 0 radical (unpaired) electrons. The summed E-state index contributed by atoms with van der Waals surface area (Å²) < 4.78 is 12.1. The first-order valence-corrected chi connectivity index (χ1v) is 22.2. The second-order valence-electron chi connectivity index (χ2n) is 16.6. The minimum Gasteiger partial charge on any atom is -0.399 e. The van der Waals surface area contributed by atoms with Gasteiger partial charge in [0.2, 0.25) is 23.6 Å². The number of amides is 4. The fraction of sp³-hybridized carbons (Fsp3) is 0.587. The molecular weight excluding hydrogens is 779 g/mol. The predicted molar refractivity (Wildman–Crippen MR) is 238 cm³/mol. The van der Waals surface area contributed by atoms with E-state index in [4.69, 9.17) is 15.2 Å². The Labute approximate surface area is 361 Å². The number of likely N-dealkylation sites (N-methyl/N-ethyl adjacent to an activating group) is 2. The molecule has 1 aliphatic heterocycles. The Hall–Kier alpha value is -4.37. The highest BCUT2D eigenvalue weighted by atomic mass is 32.1. The first-order chi connectivity index (χ1) is 28.7. The van der Waals surface area contributed by atoms with E-state index in [1.807, 2.05) is 111 Å². The molecule has 3 aromatic rings. The van der Waals surface area contributed by atoms with Crippen LogP contribution in [0.15, 0.2) is 66.2 Å². The molecule has 2 aromatic carbocycles. The Morgan fingerprint density at radius 3 is 2.27 bits per heavy atom. The van der Waals surface area contributed by atoms with Crippen molar-refractivity contribution in [2.45, 2.75) is 110 Å². The van der Waals surface area contributed by atoms with Crippen LogP contribution >= 0.6 is 11.3 Å². The molecule has 1 fully saturated rings. The van der Waals surface area contributed by atoms with Gasteiger partial charge in [0.15, 0.2) is 0 Å². The van der Waals surface area contributed by atoms with Gasteiger partial charge in [0.1, 0.15) is 5.01 Å². The maximum atomic E-state index is 14.3. The number of nitrogens with one attached hydrogen (secondary N) is 2. The van der Waals surface area contributed by atoms with Crippen LogP contribution in [0.1, 0.15) is 82.5 Å². The summed E-state index contributed by atoms with van der Waals surface area (Å²) >= 11 is 1.50. The highest BCUT2D eigenvalue weighted by molar-refractivity contribution is 7.09. The fourth-order valence-electron chi connectivity index (χ4n) is 8.62. The van der Waals surface area contributed by atoms with Gasteiger partial charge in [-0.15, -0.1) is 11.3 Å². The van der Waals surface area contributed by atoms with Crippen LogP contribution in [0, 0.1) is 17.8 Å². The number of hydrogen-bond donors (Lipinski definition) is 3. The van der Waals surface area contributed by atoms with Gasteiger partial charge in [-0.25, -0.2) is 4.98 Å². The van der Waals surface area contributed by atoms with E-state index in [0.717, 1.165) is 35.4 Å². The SMILES string of the molecule is CC[C@H](C)C([C@@H](CC(=O)N1CCC[C@H]1[C@H](OC)[C@@H](C)C(=O)N[C@@H](Cc1ccccc1)c1nccs1)OC)N(C)C(=O)CNC(=O)C(C(C)C)N(C)CCc1ccc(N)cc1. The maximum absolute atomic E-state index is 14.3. The number of nitrogens with two attached hydrogens (primary N) is 1. The molecule has 1 aromatic heterocycles. The lowest BCUT2D eigenvalue weighted by atomic mass is 9.90. The zero-order chi connectivity index (χ0) is 43.9. The molecule has 0 saturated carbocycles. The Bertz CT molecular complexity index is 1780. The molecule has 14 heteroatoms. The number of carbonyl (C=O) groups is 4. The van der Waals surface area contributed by atoms with E-state index >= 15 is 0 Å². The van der Waals surface area contributed by atoms with E-state index < -0.39 is 30.2 Å². The largest absolute Gasteiger partial charge is 0.399 e. The number of aromatic nitrogens is 1. The molecular formula is C46H69N7O6S. The van der Waals surface area contributed by atoms with Crippen LogP contribution in [0.5, 0.6) is 0 Å². The smallest absolute Gasteiger partial charge is 0.242 e. The molecule has 13 nitrogen and oxygen atoms in total. The van der Waals surface area contributed by atoms with Gasteiger partial charge in [-0.05, 0) is 67.8 Å². The molecule has 4 amide bonds. The lowest BCUT2D eigenvalue weighted by molar-refractivity contribution is -0.146. The summed E-state index contributed by atoms with van der Waals surface area (Å²) in [7, 11) is 6.81. The van der Waals surface area contributed by atoms with Gasteiger partial charge in [0.25, 0.3) is 0 Å². The molecule has 4 rings (SSSR count). The summed E-state index contributed by atoms with van der Waals surface area (Å²) in [6.45, 7) is 11.0. The zero-order valence-electron chi connectivity index (χ0n) is 37.1. The van der Waals surface area contributed by atoms with E-state index in [-0.39, 0.29) is 60.5 Å². The predicted octanol–water partition coefficient (Wildman–Crippen LogP) is 5.36. The molecule has 1 saturated heterocycles. The van der Waals surface area contributed by atoms with Gasteiger partial charge >= 0.3 is 0 Å². The zero-order valence-corrected chi connectivity index (χ0v) is 38.0. The van der Waals surface area contributed by atoms with Crippen molar-refractivity contribution < 1.29 is 28.7 Å². The van der Waals surface area contributed by atoms with E-state index in [1.54, 1.807) is 32.4 Å². The lowest BCUT2D eigenvalue weighted by Crippen LogP contribution is -2.55. The standard InChI is InChI=1S/C46H69N7O6S/c1-10-31(4)42(52(7)40(55)29-49-45(57)41(30(2)3)51(6)25-22-33-18-20-35(47)21-19-33)38(58-8)28-39(54)53-24-14-17-37(53)43(59-9)32(5)44(56)50-36(46-48-23-26-60-46)27-34-15-12-11-13-16-34/h11-13,15-16,18-21,23,26,30-32,36-38,41-43H,10,14,17,22,24-25,27-29,47H2,1-9H3,(H,49,57)(H,50,56)/t31-,32+,36-,37-,38+,41?,42?,43+/m0/s1. The van der Waals surface area contributed by atoms with Crippen molar-refractivity contribution in [2.24, 2.45) is 17.8 Å². The Morgan fingerprint density at radius 1 is 0.967 bits per heavy atom. The van der Waals surface area contributed by atoms with Crippen molar-refractivity contribution in [2.75, 3.05) is 53.7 Å². The van der Waals surface area contributed by atoms with Crippen LogP contribution in [0.25, 0.3) is 0 Å².